The number of benzene rings is 2. The van der Waals surface area contributed by atoms with Crippen LogP contribution in [0.25, 0.3) is 0 Å². The van der Waals surface area contributed by atoms with Crippen LogP contribution in [0, 0.1) is 5.82 Å². The molecular formula is C22H18BrClF4N2O3S3. The highest BCUT2D eigenvalue weighted by Crippen LogP contribution is 2.43. The molecule has 1 atom stereocenters. The van der Waals surface area contributed by atoms with E-state index < -0.39 is 39.4 Å². The first-order valence-corrected chi connectivity index (χ1v) is 14.6. The summed E-state index contributed by atoms with van der Waals surface area (Å²) in [6, 6.07) is 8.43. The smallest absolute Gasteiger partial charge is 0.419 e. The number of hydrogen-bond acceptors (Lipinski definition) is 6. The number of hydrogen-bond donors (Lipinski definition) is 1. The molecule has 0 spiro atoms. The van der Waals surface area contributed by atoms with Gasteiger partial charge < -0.3 is 9.64 Å². The molecule has 194 valence electrons. The van der Waals surface area contributed by atoms with Crippen molar-refractivity contribution < 1.29 is 30.7 Å². The van der Waals surface area contributed by atoms with Gasteiger partial charge in [-0.1, -0.05) is 23.4 Å². The van der Waals surface area contributed by atoms with Crippen LogP contribution in [0.1, 0.15) is 12.0 Å². The first kappa shape index (κ1) is 27.5. The number of nitrogens with zero attached hydrogens (tertiary/aromatic N) is 1. The van der Waals surface area contributed by atoms with Crippen molar-refractivity contribution in [3.05, 3.63) is 63.3 Å². The van der Waals surface area contributed by atoms with Gasteiger partial charge in [0.05, 0.1) is 20.5 Å². The minimum absolute atomic E-state index is 0.0617. The van der Waals surface area contributed by atoms with Gasteiger partial charge in [0.2, 0.25) is 0 Å². The van der Waals surface area contributed by atoms with Crippen LogP contribution in [-0.2, 0) is 16.2 Å². The van der Waals surface area contributed by atoms with Gasteiger partial charge in [-0.3, -0.25) is 4.72 Å². The van der Waals surface area contributed by atoms with Gasteiger partial charge in [0.15, 0.2) is 0 Å². The van der Waals surface area contributed by atoms with Gasteiger partial charge in [0.25, 0.3) is 10.0 Å². The molecule has 14 heteroatoms. The van der Waals surface area contributed by atoms with Crippen LogP contribution in [0.4, 0.5) is 23.2 Å². The molecule has 1 saturated heterocycles. The van der Waals surface area contributed by atoms with Crippen LogP contribution in [0.2, 0.25) is 5.02 Å². The molecule has 0 aliphatic carbocycles. The minimum atomic E-state index is -4.66. The summed E-state index contributed by atoms with van der Waals surface area (Å²) < 4.78 is 89.1. The highest BCUT2D eigenvalue weighted by atomic mass is 79.9. The summed E-state index contributed by atoms with van der Waals surface area (Å²) in [7, 11) is -2.29. The van der Waals surface area contributed by atoms with Crippen molar-refractivity contribution in [1.29, 1.82) is 0 Å². The third kappa shape index (κ3) is 6.48. The third-order valence-electron chi connectivity index (χ3n) is 5.18. The van der Waals surface area contributed by atoms with Gasteiger partial charge in [-0.2, -0.15) is 13.2 Å². The number of alkyl halides is 3. The zero-order valence-corrected chi connectivity index (χ0v) is 23.2. The van der Waals surface area contributed by atoms with Gasteiger partial charge in [-0.15, -0.1) is 11.3 Å². The summed E-state index contributed by atoms with van der Waals surface area (Å²) in [4.78, 5) is 2.54. The van der Waals surface area contributed by atoms with Gasteiger partial charge >= 0.3 is 6.18 Å². The lowest BCUT2D eigenvalue weighted by Gasteiger charge is -2.19. The summed E-state index contributed by atoms with van der Waals surface area (Å²) in [6.45, 7) is 1.16. The van der Waals surface area contributed by atoms with Crippen molar-refractivity contribution in [2.75, 3.05) is 24.9 Å². The van der Waals surface area contributed by atoms with Crippen molar-refractivity contribution in [2.24, 2.45) is 0 Å². The van der Waals surface area contributed by atoms with E-state index in [4.69, 9.17) is 16.3 Å². The van der Waals surface area contributed by atoms with Crippen LogP contribution in [0.15, 0.2) is 60.3 Å². The van der Waals surface area contributed by atoms with Gasteiger partial charge in [-0.25, -0.2) is 12.8 Å². The Morgan fingerprint density at radius 3 is 2.61 bits per heavy atom. The van der Waals surface area contributed by atoms with Crippen molar-refractivity contribution in [3.63, 3.8) is 0 Å². The Morgan fingerprint density at radius 1 is 1.22 bits per heavy atom. The van der Waals surface area contributed by atoms with E-state index in [1.165, 1.54) is 36.0 Å². The van der Waals surface area contributed by atoms with E-state index >= 15 is 0 Å². The fourth-order valence-electron chi connectivity index (χ4n) is 3.47. The molecule has 1 aliphatic heterocycles. The predicted octanol–water partition coefficient (Wildman–Crippen LogP) is 7.36. The van der Waals surface area contributed by atoms with Gasteiger partial charge in [0.1, 0.15) is 21.9 Å². The van der Waals surface area contributed by atoms with E-state index in [1.807, 2.05) is 11.9 Å². The Labute approximate surface area is 227 Å². The Hall–Kier alpha value is -1.51. The second-order valence-corrected chi connectivity index (χ2v) is 13.5. The summed E-state index contributed by atoms with van der Waals surface area (Å²) in [5.41, 5.74) is -1.04. The monoisotopic (exact) mass is 644 g/mol. The largest absolute Gasteiger partial charge is 0.488 e. The number of rotatable bonds is 7. The number of likely N-dealkylation sites (N-methyl/N-ethyl adjacent to an activating group) is 1. The number of nitrogens with one attached hydrogen (secondary N) is 1. The van der Waals surface area contributed by atoms with E-state index in [9.17, 15) is 26.0 Å². The second-order valence-electron chi connectivity index (χ2n) is 7.98. The third-order valence-corrected chi connectivity index (χ3v) is 10.8. The molecule has 2 aromatic carbocycles. The number of likely N-dealkylation sites (tertiary alicyclic amines) is 1. The van der Waals surface area contributed by atoms with Crippen LogP contribution in [-0.4, -0.2) is 39.6 Å². The highest BCUT2D eigenvalue weighted by molar-refractivity contribution is 9.10. The Balaban J connectivity index is 1.57. The molecule has 1 aromatic heterocycles. The summed E-state index contributed by atoms with van der Waals surface area (Å²) >= 11 is 11.3. The number of thiophene rings is 1. The molecule has 1 fully saturated rings. The summed E-state index contributed by atoms with van der Waals surface area (Å²) in [5, 5.41) is -0.0632. The highest BCUT2D eigenvalue weighted by Gasteiger charge is 2.36. The normalized spacial score (nSPS) is 16.9. The lowest BCUT2D eigenvalue weighted by molar-refractivity contribution is -0.139. The average molecular weight is 646 g/mol. The second kappa shape index (κ2) is 10.7. The van der Waals surface area contributed by atoms with Crippen LogP contribution in [0.3, 0.4) is 0 Å². The van der Waals surface area contributed by atoms with E-state index in [-0.39, 0.29) is 14.9 Å². The molecule has 1 unspecified atom stereocenters. The fraction of sp³-hybridized carbons (Fsp3) is 0.273. The lowest BCUT2D eigenvalue weighted by Crippen LogP contribution is -2.23. The van der Waals surface area contributed by atoms with Crippen molar-refractivity contribution in [1.82, 2.24) is 4.90 Å². The molecule has 3 aromatic rings. The molecule has 4 rings (SSSR count). The maximum absolute atomic E-state index is 13.5. The lowest BCUT2D eigenvalue weighted by atomic mass is 10.1. The van der Waals surface area contributed by atoms with Gasteiger partial charge in [-0.05, 0) is 65.8 Å². The summed E-state index contributed by atoms with van der Waals surface area (Å²) in [5.74, 6) is -1.00. The molecule has 2 heterocycles. The van der Waals surface area contributed by atoms with Crippen LogP contribution >= 0.6 is 50.6 Å². The molecular weight excluding hydrogens is 628 g/mol. The quantitative estimate of drug-likeness (QED) is 0.272. The number of anilines is 1. The maximum atomic E-state index is 13.5. The molecule has 0 amide bonds. The summed E-state index contributed by atoms with van der Waals surface area (Å²) in [6.07, 6.45) is -4.53. The van der Waals surface area contributed by atoms with Gasteiger partial charge in [0, 0.05) is 28.5 Å². The topological polar surface area (TPSA) is 58.6 Å². The SMILES string of the molecule is CN1CCC(Oc2cc(NS(=O)(=O)c3cc(Br)c(Sc4ccc(F)c(Cl)c4)s3)ccc2C(F)(F)F)C1. The Morgan fingerprint density at radius 2 is 1.97 bits per heavy atom. The zero-order valence-electron chi connectivity index (χ0n) is 18.4. The number of sulfonamides is 1. The van der Waals surface area contributed by atoms with Crippen molar-refractivity contribution in [3.8, 4) is 5.75 Å². The van der Waals surface area contributed by atoms with E-state index in [0.717, 1.165) is 29.5 Å². The van der Waals surface area contributed by atoms with E-state index in [0.29, 0.717) is 33.1 Å². The Bertz CT molecular complexity index is 1390. The standard InChI is InChI=1S/C22H18BrClF4N2O3S3/c1-30-7-6-13(11-30)33-19-8-12(2-4-15(19)22(26,27)28)29-36(31,32)20-10-16(23)21(35-20)34-14-3-5-18(25)17(24)9-14/h2-5,8-10,13,29H,6-7,11H2,1H3. The van der Waals surface area contributed by atoms with E-state index in [2.05, 4.69) is 20.7 Å². The maximum Gasteiger partial charge on any atom is 0.419 e. The Kier molecular flexibility index (Phi) is 8.18. The van der Waals surface area contributed by atoms with Crippen LogP contribution in [0.5, 0.6) is 5.75 Å². The predicted molar refractivity (Wildman–Crippen MR) is 136 cm³/mol. The molecule has 36 heavy (non-hydrogen) atoms. The first-order valence-electron chi connectivity index (χ1n) is 10.3. The van der Waals surface area contributed by atoms with E-state index in [1.54, 1.807) is 0 Å². The molecule has 0 bridgehead atoms. The minimum Gasteiger partial charge on any atom is -0.488 e. The molecule has 0 radical (unpaired) electrons. The number of halogens is 6. The van der Waals surface area contributed by atoms with Crippen molar-refractivity contribution >= 4 is 66.3 Å². The van der Waals surface area contributed by atoms with Crippen molar-refractivity contribution in [2.45, 2.75) is 32.0 Å². The number of ether oxygens (including phenoxy) is 1. The van der Waals surface area contributed by atoms with Crippen LogP contribution < -0.4 is 9.46 Å². The fourth-order valence-corrected chi connectivity index (χ4v) is 8.44. The molecule has 5 nitrogen and oxygen atoms in total. The average Bonchev–Trinajstić information content (AvgIpc) is 3.35. The molecule has 0 saturated carbocycles. The first-order chi connectivity index (χ1) is 16.8. The molecule has 1 N–H and O–H groups in total. The molecule has 1 aliphatic rings. The zero-order chi connectivity index (χ0) is 26.3.